The molecule has 0 unspecified atom stereocenters. The van der Waals surface area contributed by atoms with E-state index in [1.165, 1.54) is 6.20 Å². The number of hydrogen-bond donors (Lipinski definition) is 2. The van der Waals surface area contributed by atoms with E-state index in [2.05, 4.69) is 15.4 Å². The zero-order valence-electron chi connectivity index (χ0n) is 11.1. The number of rotatable bonds is 4. The number of nitrogens with one attached hydrogen (secondary N) is 1. The van der Waals surface area contributed by atoms with E-state index in [0.717, 1.165) is 11.4 Å². The molecule has 0 radical (unpaired) electrons. The third kappa shape index (κ3) is 2.79. The predicted molar refractivity (Wildman–Crippen MR) is 73.0 cm³/mol. The van der Waals surface area contributed by atoms with Crippen LogP contribution < -0.4 is 11.1 Å². The fourth-order valence-electron chi connectivity index (χ4n) is 1.86. The Morgan fingerprint density at radius 3 is 3.00 bits per heavy atom. The molecule has 0 aliphatic carbocycles. The van der Waals surface area contributed by atoms with Gasteiger partial charge in [0, 0.05) is 24.5 Å². The molecular weight excluding hydrogens is 242 g/mol. The molecule has 0 atom stereocenters. The zero-order valence-corrected chi connectivity index (χ0v) is 11.1. The number of fused-ring (bicyclic) bond motifs is 1. The first kappa shape index (κ1) is 13.2. The summed E-state index contributed by atoms with van der Waals surface area (Å²) in [6.07, 6.45) is 5.15. The van der Waals surface area contributed by atoms with E-state index in [9.17, 15) is 4.79 Å². The van der Waals surface area contributed by atoms with E-state index in [4.69, 9.17) is 5.73 Å². The molecule has 0 aliphatic heterocycles. The topological polar surface area (TPSA) is 85.3 Å². The third-order valence-electron chi connectivity index (χ3n) is 2.71. The van der Waals surface area contributed by atoms with E-state index in [1.807, 2.05) is 26.0 Å². The summed E-state index contributed by atoms with van der Waals surface area (Å²) in [4.78, 5) is 16.4. The van der Waals surface area contributed by atoms with Gasteiger partial charge in [0.2, 0.25) is 0 Å². The zero-order chi connectivity index (χ0) is 13.8. The van der Waals surface area contributed by atoms with Crippen LogP contribution in [0.15, 0.2) is 24.4 Å². The molecule has 0 saturated carbocycles. The Morgan fingerprint density at radius 2 is 2.26 bits per heavy atom. The number of nitrogens with two attached hydrogens (primary N) is 1. The molecule has 1 amide bonds. The number of aromatic nitrogens is 3. The molecule has 0 bridgehead atoms. The Bertz CT molecular complexity index is 629. The van der Waals surface area contributed by atoms with Crippen LogP contribution in [-0.4, -0.2) is 33.6 Å². The van der Waals surface area contributed by atoms with Gasteiger partial charge in [0.25, 0.3) is 5.91 Å². The summed E-state index contributed by atoms with van der Waals surface area (Å²) in [5.74, 6) is -0.186. The Morgan fingerprint density at radius 1 is 1.47 bits per heavy atom. The molecular formula is C13H17N5O. The molecule has 6 nitrogen and oxygen atoms in total. The summed E-state index contributed by atoms with van der Waals surface area (Å²) in [5.41, 5.74) is 8.20. The quantitative estimate of drug-likeness (QED) is 0.787. The van der Waals surface area contributed by atoms with Gasteiger partial charge in [-0.25, -0.2) is 9.50 Å². The molecule has 0 aromatic carbocycles. The number of hydrogen-bond acceptors (Lipinski definition) is 4. The third-order valence-corrected chi connectivity index (χ3v) is 2.71. The average molecular weight is 259 g/mol. The maximum absolute atomic E-state index is 12.0. The summed E-state index contributed by atoms with van der Waals surface area (Å²) in [6, 6.07) is 1.92. The highest BCUT2D eigenvalue weighted by atomic mass is 16.1. The minimum absolute atomic E-state index is 0.186. The molecule has 2 rings (SSSR count). The summed E-state index contributed by atoms with van der Waals surface area (Å²) in [7, 11) is 0. The molecule has 0 spiro atoms. The molecule has 2 heterocycles. The minimum Gasteiger partial charge on any atom is -0.348 e. The molecule has 100 valence electrons. The second kappa shape index (κ2) is 5.62. The lowest BCUT2D eigenvalue weighted by Crippen LogP contribution is -2.23. The Labute approximate surface area is 111 Å². The van der Waals surface area contributed by atoms with Gasteiger partial charge in [-0.3, -0.25) is 4.79 Å². The minimum atomic E-state index is -0.186. The van der Waals surface area contributed by atoms with E-state index < -0.39 is 0 Å². The van der Waals surface area contributed by atoms with Crippen LogP contribution in [0.2, 0.25) is 0 Å². The second-order valence-corrected chi connectivity index (χ2v) is 4.25. The lowest BCUT2D eigenvalue weighted by Gasteiger charge is -2.03. The smallest absolute Gasteiger partial charge is 0.257 e. The molecule has 0 fully saturated rings. The van der Waals surface area contributed by atoms with Crippen molar-refractivity contribution in [2.24, 2.45) is 5.73 Å². The molecule has 6 heteroatoms. The van der Waals surface area contributed by atoms with Gasteiger partial charge in [-0.15, -0.1) is 0 Å². The van der Waals surface area contributed by atoms with Crippen LogP contribution in [0.5, 0.6) is 0 Å². The summed E-state index contributed by atoms with van der Waals surface area (Å²) < 4.78 is 1.66. The molecule has 0 aliphatic rings. The Hall–Kier alpha value is -2.21. The van der Waals surface area contributed by atoms with Crippen molar-refractivity contribution in [3.05, 3.63) is 41.4 Å². The van der Waals surface area contributed by atoms with Crippen molar-refractivity contribution < 1.29 is 4.79 Å². The van der Waals surface area contributed by atoms with Gasteiger partial charge in [0.1, 0.15) is 5.56 Å². The van der Waals surface area contributed by atoms with Crippen LogP contribution in [0.3, 0.4) is 0 Å². The van der Waals surface area contributed by atoms with Crippen LogP contribution in [0.1, 0.15) is 21.7 Å². The molecule has 0 saturated heterocycles. The lowest BCUT2D eigenvalue weighted by atomic mass is 10.3. The number of carbonyl (C=O) groups is 1. The van der Waals surface area contributed by atoms with Crippen molar-refractivity contribution in [3.8, 4) is 0 Å². The van der Waals surface area contributed by atoms with Gasteiger partial charge < -0.3 is 11.1 Å². The fraction of sp³-hybridized carbons (Fsp3) is 0.308. The lowest BCUT2D eigenvalue weighted by molar-refractivity contribution is 0.0959. The van der Waals surface area contributed by atoms with Crippen molar-refractivity contribution in [2.45, 2.75) is 13.8 Å². The number of amides is 1. The first-order valence-corrected chi connectivity index (χ1v) is 6.08. The monoisotopic (exact) mass is 259 g/mol. The van der Waals surface area contributed by atoms with Gasteiger partial charge in [-0.2, -0.15) is 5.10 Å². The van der Waals surface area contributed by atoms with Crippen LogP contribution in [-0.2, 0) is 0 Å². The highest BCUT2D eigenvalue weighted by molar-refractivity contribution is 5.99. The van der Waals surface area contributed by atoms with E-state index in [-0.39, 0.29) is 5.91 Å². The highest BCUT2D eigenvalue weighted by Gasteiger charge is 2.14. The Balaban J connectivity index is 2.25. The molecule has 2 aromatic rings. The predicted octanol–water partition coefficient (Wildman–Crippen LogP) is 0.591. The van der Waals surface area contributed by atoms with Crippen molar-refractivity contribution in [2.75, 3.05) is 13.1 Å². The van der Waals surface area contributed by atoms with Crippen LogP contribution >= 0.6 is 0 Å². The van der Waals surface area contributed by atoms with Crippen molar-refractivity contribution in [3.63, 3.8) is 0 Å². The molecule has 19 heavy (non-hydrogen) atoms. The first-order valence-electron chi connectivity index (χ1n) is 6.08. The number of aryl methyl sites for hydroxylation is 2. The maximum Gasteiger partial charge on any atom is 0.257 e. The summed E-state index contributed by atoms with van der Waals surface area (Å²) in [6.45, 7) is 4.73. The van der Waals surface area contributed by atoms with Crippen LogP contribution in [0.4, 0.5) is 0 Å². The fourth-order valence-corrected chi connectivity index (χ4v) is 1.86. The standard InChI is InChI=1S/C13H17N5O/c1-9-7-10(2)18-12(17-9)11(8-16-18)13(19)15-6-4-3-5-14/h3-4,7-8H,5-6,14H2,1-2H3,(H,15,19)/b4-3+. The second-order valence-electron chi connectivity index (χ2n) is 4.25. The van der Waals surface area contributed by atoms with Crippen LogP contribution in [0, 0.1) is 13.8 Å². The number of carbonyl (C=O) groups excluding carboxylic acids is 1. The van der Waals surface area contributed by atoms with Gasteiger partial charge in [0.15, 0.2) is 5.65 Å². The van der Waals surface area contributed by atoms with Gasteiger partial charge >= 0.3 is 0 Å². The normalized spacial score (nSPS) is 11.3. The van der Waals surface area contributed by atoms with E-state index >= 15 is 0 Å². The van der Waals surface area contributed by atoms with Crippen molar-refractivity contribution in [1.29, 1.82) is 0 Å². The summed E-state index contributed by atoms with van der Waals surface area (Å²) in [5, 5.41) is 6.96. The van der Waals surface area contributed by atoms with E-state index in [1.54, 1.807) is 10.6 Å². The van der Waals surface area contributed by atoms with E-state index in [0.29, 0.717) is 24.3 Å². The first-order chi connectivity index (χ1) is 9.13. The number of nitrogens with zero attached hydrogens (tertiary/aromatic N) is 3. The van der Waals surface area contributed by atoms with Crippen molar-refractivity contribution >= 4 is 11.6 Å². The van der Waals surface area contributed by atoms with Gasteiger partial charge in [-0.05, 0) is 19.9 Å². The molecule has 2 aromatic heterocycles. The molecule has 3 N–H and O–H groups in total. The largest absolute Gasteiger partial charge is 0.348 e. The SMILES string of the molecule is Cc1cc(C)n2ncc(C(=O)NC/C=C/CN)c2n1. The van der Waals surface area contributed by atoms with Crippen molar-refractivity contribution in [1.82, 2.24) is 19.9 Å². The summed E-state index contributed by atoms with van der Waals surface area (Å²) >= 11 is 0. The van der Waals surface area contributed by atoms with Crippen LogP contribution in [0.25, 0.3) is 5.65 Å². The Kier molecular flexibility index (Phi) is 3.91. The van der Waals surface area contributed by atoms with Gasteiger partial charge in [-0.1, -0.05) is 12.2 Å². The average Bonchev–Trinajstić information content (AvgIpc) is 2.78. The maximum atomic E-state index is 12.0. The highest BCUT2D eigenvalue weighted by Crippen LogP contribution is 2.11. The van der Waals surface area contributed by atoms with Gasteiger partial charge in [0.05, 0.1) is 6.20 Å².